The van der Waals surface area contributed by atoms with Gasteiger partial charge in [-0.2, -0.15) is 0 Å². The van der Waals surface area contributed by atoms with Crippen LogP contribution in [0.1, 0.15) is 0 Å². The van der Waals surface area contributed by atoms with E-state index in [0.29, 0.717) is 5.82 Å². The summed E-state index contributed by atoms with van der Waals surface area (Å²) in [4.78, 5) is 13.6. The van der Waals surface area contributed by atoms with Crippen molar-refractivity contribution in [2.24, 2.45) is 0 Å². The van der Waals surface area contributed by atoms with E-state index in [-0.39, 0.29) is 0 Å². The van der Waals surface area contributed by atoms with Crippen LogP contribution in [0.4, 0.5) is 0 Å². The van der Waals surface area contributed by atoms with E-state index < -0.39 is 0 Å². The summed E-state index contributed by atoms with van der Waals surface area (Å²) >= 11 is 0. The quantitative estimate of drug-likeness (QED) is 0.226. The highest BCUT2D eigenvalue weighted by Crippen LogP contribution is 2.39. The van der Waals surface area contributed by atoms with Crippen molar-refractivity contribution in [2.45, 2.75) is 0 Å². The van der Waals surface area contributed by atoms with Crippen molar-refractivity contribution >= 4 is 54.4 Å². The van der Waals surface area contributed by atoms with Gasteiger partial charge in [0.15, 0.2) is 5.82 Å². The number of fused-ring (bicyclic) bond motifs is 7. The van der Waals surface area contributed by atoms with E-state index in [1.54, 1.807) is 12.4 Å². The van der Waals surface area contributed by atoms with Crippen molar-refractivity contribution < 1.29 is 0 Å². The molecule has 5 heteroatoms. The highest BCUT2D eigenvalue weighted by Gasteiger charge is 2.17. The van der Waals surface area contributed by atoms with Gasteiger partial charge in [0.2, 0.25) is 0 Å². The molecule has 4 aromatic heterocycles. The monoisotopic (exact) mass is 537 g/mol. The van der Waals surface area contributed by atoms with Crippen LogP contribution in [0.25, 0.3) is 77.1 Å². The minimum absolute atomic E-state index is 0.684. The van der Waals surface area contributed by atoms with Gasteiger partial charge in [0.05, 0.1) is 40.1 Å². The second-order valence-electron chi connectivity index (χ2n) is 10.6. The summed E-state index contributed by atoms with van der Waals surface area (Å²) < 4.78 is 4.65. The van der Waals surface area contributed by atoms with Gasteiger partial charge in [0.25, 0.3) is 0 Å². The molecule has 0 aliphatic carbocycles. The lowest BCUT2D eigenvalue weighted by Gasteiger charge is -2.10. The van der Waals surface area contributed by atoms with Crippen molar-refractivity contribution in [1.82, 2.24) is 24.1 Å². The molecule has 0 saturated carbocycles. The van der Waals surface area contributed by atoms with Crippen LogP contribution < -0.4 is 0 Å². The number of benzene rings is 5. The van der Waals surface area contributed by atoms with Crippen LogP contribution in [0, 0.1) is 0 Å². The summed E-state index contributed by atoms with van der Waals surface area (Å²) in [5.74, 6) is 0.684. The van der Waals surface area contributed by atoms with Gasteiger partial charge < -0.3 is 9.13 Å². The zero-order valence-electron chi connectivity index (χ0n) is 22.5. The number of pyridine rings is 1. The predicted octanol–water partition coefficient (Wildman–Crippen LogP) is 8.89. The zero-order valence-corrected chi connectivity index (χ0v) is 22.5. The molecule has 196 valence electrons. The minimum atomic E-state index is 0.684. The van der Waals surface area contributed by atoms with Gasteiger partial charge in [-0.1, -0.05) is 54.6 Å². The average Bonchev–Trinajstić information content (AvgIpc) is 3.55. The fraction of sp³-hybridized carbons (Fsp3) is 0. The smallest absolute Gasteiger partial charge is 0.159 e. The molecule has 0 aliphatic heterocycles. The first kappa shape index (κ1) is 22.9. The molecule has 0 saturated heterocycles. The molecule has 5 aromatic carbocycles. The second kappa shape index (κ2) is 8.85. The summed E-state index contributed by atoms with van der Waals surface area (Å²) in [7, 11) is 0. The summed E-state index contributed by atoms with van der Waals surface area (Å²) in [6.07, 6.45) is 7.35. The molecule has 9 rings (SSSR count). The Hall–Kier alpha value is -5.81. The molecule has 0 atom stereocenters. The normalized spacial score (nSPS) is 11.8. The first-order chi connectivity index (χ1) is 20.8. The molecule has 0 amide bonds. The van der Waals surface area contributed by atoms with Crippen LogP contribution in [0.5, 0.6) is 0 Å². The van der Waals surface area contributed by atoms with Gasteiger partial charge in [0, 0.05) is 45.2 Å². The van der Waals surface area contributed by atoms with E-state index >= 15 is 0 Å². The van der Waals surface area contributed by atoms with E-state index in [1.807, 2.05) is 24.5 Å². The lowest BCUT2D eigenvalue weighted by atomic mass is 10.0. The molecule has 0 bridgehead atoms. The van der Waals surface area contributed by atoms with Crippen LogP contribution in [0.15, 0.2) is 140 Å². The number of hydrogen-bond acceptors (Lipinski definition) is 3. The molecular weight excluding hydrogens is 514 g/mol. The van der Waals surface area contributed by atoms with Crippen LogP contribution in [-0.2, 0) is 0 Å². The Morgan fingerprint density at radius 1 is 0.429 bits per heavy atom. The molecule has 9 aromatic rings. The highest BCUT2D eigenvalue weighted by atomic mass is 15.0. The fourth-order valence-electron chi connectivity index (χ4n) is 6.40. The Bertz CT molecular complexity index is 2440. The first-order valence-corrected chi connectivity index (χ1v) is 14.0. The standard InChI is InChI=1S/C37H23N5/c1-2-8-27(9-3-1)41-33-12-6-4-10-29(33)31-18-25-19-32-30-11-5-7-13-34(30)42(36(32)21-26(25)20-35(31)41)28-22-39-37(40-23-28)24-14-16-38-17-15-24/h1-23H. The summed E-state index contributed by atoms with van der Waals surface area (Å²) in [6, 6.07) is 41.0. The van der Waals surface area contributed by atoms with Crippen molar-refractivity contribution in [3.05, 3.63) is 140 Å². The molecule has 0 N–H and O–H groups in total. The van der Waals surface area contributed by atoms with Crippen LogP contribution in [-0.4, -0.2) is 24.1 Å². The number of para-hydroxylation sites is 3. The minimum Gasteiger partial charge on any atom is -0.309 e. The second-order valence-corrected chi connectivity index (χ2v) is 10.6. The molecule has 4 heterocycles. The third-order valence-electron chi connectivity index (χ3n) is 8.27. The van der Waals surface area contributed by atoms with Crippen LogP contribution in [0.2, 0.25) is 0 Å². The molecule has 0 fully saturated rings. The Kier molecular flexibility index (Phi) is 4.83. The fourth-order valence-corrected chi connectivity index (χ4v) is 6.40. The van der Waals surface area contributed by atoms with E-state index in [0.717, 1.165) is 28.0 Å². The Labute approximate surface area is 241 Å². The maximum atomic E-state index is 4.73. The Morgan fingerprint density at radius 3 is 1.57 bits per heavy atom. The van der Waals surface area contributed by atoms with E-state index in [2.05, 4.69) is 117 Å². The van der Waals surface area contributed by atoms with E-state index in [4.69, 9.17) is 9.97 Å². The van der Waals surface area contributed by atoms with Gasteiger partial charge in [-0.25, -0.2) is 9.97 Å². The predicted molar refractivity (Wildman–Crippen MR) is 171 cm³/mol. The number of hydrogen-bond donors (Lipinski definition) is 0. The zero-order chi connectivity index (χ0) is 27.6. The SMILES string of the molecule is c1ccc(-n2c3ccccc3c3cc4cc5c6ccccc6n(-c6cnc(-c7ccncc7)nc6)c5cc4cc32)cc1. The third kappa shape index (κ3) is 3.34. The molecule has 0 radical (unpaired) electrons. The van der Waals surface area contributed by atoms with Crippen molar-refractivity contribution in [3.8, 4) is 22.8 Å². The maximum absolute atomic E-state index is 4.73. The van der Waals surface area contributed by atoms with Crippen LogP contribution >= 0.6 is 0 Å². The van der Waals surface area contributed by atoms with Gasteiger partial charge >= 0.3 is 0 Å². The summed E-state index contributed by atoms with van der Waals surface area (Å²) in [5, 5.41) is 7.34. The summed E-state index contributed by atoms with van der Waals surface area (Å²) in [5.41, 5.74) is 7.70. The number of aromatic nitrogens is 5. The lowest BCUT2D eigenvalue weighted by molar-refractivity contribution is 1.08. The molecule has 42 heavy (non-hydrogen) atoms. The molecular formula is C37H23N5. The van der Waals surface area contributed by atoms with Gasteiger partial charge in [0.1, 0.15) is 0 Å². The summed E-state index contributed by atoms with van der Waals surface area (Å²) in [6.45, 7) is 0. The largest absolute Gasteiger partial charge is 0.309 e. The first-order valence-electron chi connectivity index (χ1n) is 14.0. The average molecular weight is 538 g/mol. The molecule has 0 unspecified atom stereocenters. The number of rotatable bonds is 3. The number of nitrogens with zero attached hydrogens (tertiary/aromatic N) is 5. The van der Waals surface area contributed by atoms with Gasteiger partial charge in [-0.3, -0.25) is 4.98 Å². The van der Waals surface area contributed by atoms with E-state index in [9.17, 15) is 0 Å². The Morgan fingerprint density at radius 2 is 0.952 bits per heavy atom. The van der Waals surface area contributed by atoms with Crippen molar-refractivity contribution in [1.29, 1.82) is 0 Å². The van der Waals surface area contributed by atoms with Crippen LogP contribution in [0.3, 0.4) is 0 Å². The Balaban J connectivity index is 1.33. The molecule has 0 aliphatic rings. The lowest BCUT2D eigenvalue weighted by Crippen LogP contribution is -1.98. The van der Waals surface area contributed by atoms with Gasteiger partial charge in [-0.15, -0.1) is 0 Å². The van der Waals surface area contributed by atoms with Crippen molar-refractivity contribution in [2.75, 3.05) is 0 Å². The third-order valence-corrected chi connectivity index (χ3v) is 8.27. The van der Waals surface area contributed by atoms with E-state index in [1.165, 1.54) is 43.4 Å². The topological polar surface area (TPSA) is 48.5 Å². The highest BCUT2D eigenvalue weighted by molar-refractivity contribution is 6.18. The molecule has 5 nitrogen and oxygen atoms in total. The van der Waals surface area contributed by atoms with Crippen molar-refractivity contribution in [3.63, 3.8) is 0 Å². The molecule has 0 spiro atoms. The maximum Gasteiger partial charge on any atom is 0.159 e. The van der Waals surface area contributed by atoms with Gasteiger partial charge in [-0.05, 0) is 71.4 Å².